The van der Waals surface area contributed by atoms with Gasteiger partial charge < -0.3 is 10.2 Å². The Bertz CT molecular complexity index is 178. The maximum atomic E-state index is 9.62. The minimum Gasteiger partial charge on any atom is -0.389 e. The Morgan fingerprint density at radius 2 is 1.67 bits per heavy atom. The number of hydrogen-bond donors (Lipinski definition) is 2. The molecule has 0 spiro atoms. The molecule has 1 aliphatic rings. The molecule has 0 amide bonds. The minimum atomic E-state index is -0.506. The van der Waals surface area contributed by atoms with Crippen LogP contribution in [0.3, 0.4) is 0 Å². The van der Waals surface area contributed by atoms with Gasteiger partial charge in [0.1, 0.15) is 0 Å². The Balaban J connectivity index is 2.77. The fraction of sp³-hybridized carbons (Fsp3) is 0.800. The van der Waals surface area contributed by atoms with Crippen molar-refractivity contribution in [1.29, 1.82) is 0 Å². The van der Waals surface area contributed by atoms with Crippen molar-refractivity contribution in [3.63, 3.8) is 0 Å². The summed E-state index contributed by atoms with van der Waals surface area (Å²) in [5, 5.41) is 19.2. The third kappa shape index (κ3) is 1.87. The van der Waals surface area contributed by atoms with Gasteiger partial charge in [-0.3, -0.25) is 0 Å². The summed E-state index contributed by atoms with van der Waals surface area (Å²) in [5.41, 5.74) is 0.702. The van der Waals surface area contributed by atoms with Gasteiger partial charge in [0.05, 0.1) is 12.2 Å². The van der Waals surface area contributed by atoms with E-state index in [9.17, 15) is 10.2 Å². The zero-order valence-corrected chi connectivity index (χ0v) is 7.96. The molecule has 1 rings (SSSR count). The van der Waals surface area contributed by atoms with E-state index in [1.807, 2.05) is 0 Å². The highest BCUT2D eigenvalue weighted by molar-refractivity contribution is 5.14. The Kier molecular flexibility index (Phi) is 2.59. The van der Waals surface area contributed by atoms with Gasteiger partial charge in [-0.25, -0.2) is 0 Å². The van der Waals surface area contributed by atoms with Gasteiger partial charge in [-0.15, -0.1) is 0 Å². The molecule has 1 aliphatic carbocycles. The lowest BCUT2D eigenvalue weighted by molar-refractivity contribution is 0.0354. The first-order valence-electron chi connectivity index (χ1n) is 4.37. The molecule has 1 saturated carbocycles. The van der Waals surface area contributed by atoms with Crippen LogP contribution in [-0.2, 0) is 0 Å². The highest BCUT2D eigenvalue weighted by Crippen LogP contribution is 2.37. The van der Waals surface area contributed by atoms with Crippen molar-refractivity contribution in [2.75, 3.05) is 0 Å². The lowest BCUT2D eigenvalue weighted by Crippen LogP contribution is -2.37. The van der Waals surface area contributed by atoms with Crippen LogP contribution in [0, 0.1) is 11.5 Å². The zero-order chi connectivity index (χ0) is 9.35. The van der Waals surface area contributed by atoms with E-state index >= 15 is 0 Å². The standard InChI is InChI=1S/C10H17O2/c1-4-7-8(11)5-10(2,3)6-9(7)12/h8-9,11-12H,5-6H2,1-3H3. The molecule has 1 fully saturated rings. The average Bonchev–Trinajstić information content (AvgIpc) is 1.82. The number of aliphatic hydroxyl groups is 2. The smallest absolute Gasteiger partial charge is 0.0785 e. The van der Waals surface area contributed by atoms with Crippen LogP contribution >= 0.6 is 0 Å². The minimum absolute atomic E-state index is 0.0409. The molecule has 2 unspecified atom stereocenters. The van der Waals surface area contributed by atoms with Crippen molar-refractivity contribution in [2.24, 2.45) is 5.41 Å². The number of allylic oxidation sites excluding steroid dienone is 1. The van der Waals surface area contributed by atoms with Crippen LogP contribution in [0.25, 0.3) is 0 Å². The molecule has 0 aromatic rings. The molecule has 0 aromatic carbocycles. The lowest BCUT2D eigenvalue weighted by Gasteiger charge is -2.37. The van der Waals surface area contributed by atoms with Crippen LogP contribution in [0.15, 0.2) is 5.57 Å². The summed E-state index contributed by atoms with van der Waals surface area (Å²) in [7, 11) is 0. The van der Waals surface area contributed by atoms with Crippen LogP contribution in [0.1, 0.15) is 33.6 Å². The first-order chi connectivity index (χ1) is 5.46. The summed E-state index contributed by atoms with van der Waals surface area (Å²) < 4.78 is 0. The van der Waals surface area contributed by atoms with E-state index < -0.39 is 12.2 Å². The van der Waals surface area contributed by atoms with Crippen LogP contribution in [-0.4, -0.2) is 22.4 Å². The second-order valence-electron chi connectivity index (χ2n) is 4.31. The van der Waals surface area contributed by atoms with Gasteiger partial charge >= 0.3 is 0 Å². The van der Waals surface area contributed by atoms with Crippen LogP contribution < -0.4 is 0 Å². The predicted molar refractivity (Wildman–Crippen MR) is 47.5 cm³/mol. The topological polar surface area (TPSA) is 40.5 Å². The Morgan fingerprint density at radius 1 is 1.25 bits per heavy atom. The monoisotopic (exact) mass is 169 g/mol. The fourth-order valence-corrected chi connectivity index (χ4v) is 1.91. The van der Waals surface area contributed by atoms with Gasteiger partial charge in [0.15, 0.2) is 0 Å². The molecule has 2 nitrogen and oxygen atoms in total. The van der Waals surface area contributed by atoms with Gasteiger partial charge in [0.2, 0.25) is 0 Å². The molecule has 2 N–H and O–H groups in total. The highest BCUT2D eigenvalue weighted by Gasteiger charge is 2.35. The quantitative estimate of drug-likeness (QED) is 0.573. The third-order valence-corrected chi connectivity index (χ3v) is 2.50. The van der Waals surface area contributed by atoms with Crippen LogP contribution in [0.4, 0.5) is 0 Å². The first kappa shape index (κ1) is 9.75. The molecule has 2 atom stereocenters. The van der Waals surface area contributed by atoms with Crippen molar-refractivity contribution < 1.29 is 10.2 Å². The SMILES string of the molecule is C[C]=C1C(O)CC(C)(C)CC1O. The Labute approximate surface area is 73.9 Å². The van der Waals surface area contributed by atoms with Crippen molar-refractivity contribution in [3.05, 3.63) is 11.6 Å². The van der Waals surface area contributed by atoms with Gasteiger partial charge in [0, 0.05) is 0 Å². The molecule has 0 aliphatic heterocycles. The summed E-state index contributed by atoms with van der Waals surface area (Å²) in [6.45, 7) is 5.86. The molecule has 69 valence electrons. The second kappa shape index (κ2) is 3.19. The van der Waals surface area contributed by atoms with Gasteiger partial charge in [-0.2, -0.15) is 0 Å². The fourth-order valence-electron chi connectivity index (χ4n) is 1.91. The van der Waals surface area contributed by atoms with Crippen molar-refractivity contribution >= 4 is 0 Å². The molecular weight excluding hydrogens is 152 g/mol. The Hall–Kier alpha value is -0.340. The van der Waals surface area contributed by atoms with E-state index in [2.05, 4.69) is 19.9 Å². The second-order valence-corrected chi connectivity index (χ2v) is 4.31. The number of rotatable bonds is 0. The molecule has 0 heterocycles. The van der Waals surface area contributed by atoms with Crippen molar-refractivity contribution in [2.45, 2.75) is 45.8 Å². The van der Waals surface area contributed by atoms with Crippen LogP contribution in [0.5, 0.6) is 0 Å². The van der Waals surface area contributed by atoms with E-state index in [0.717, 1.165) is 12.8 Å². The maximum Gasteiger partial charge on any atom is 0.0785 e. The van der Waals surface area contributed by atoms with Crippen molar-refractivity contribution in [1.82, 2.24) is 0 Å². The predicted octanol–water partition coefficient (Wildman–Crippen LogP) is 1.28. The van der Waals surface area contributed by atoms with Gasteiger partial charge in [0.25, 0.3) is 0 Å². The number of aliphatic hydroxyl groups excluding tert-OH is 2. The largest absolute Gasteiger partial charge is 0.389 e. The summed E-state index contributed by atoms with van der Waals surface area (Å²) >= 11 is 0. The van der Waals surface area contributed by atoms with E-state index in [1.165, 1.54) is 0 Å². The van der Waals surface area contributed by atoms with Crippen molar-refractivity contribution in [3.8, 4) is 0 Å². The highest BCUT2D eigenvalue weighted by atomic mass is 16.3. The molecule has 0 bridgehead atoms. The zero-order valence-electron chi connectivity index (χ0n) is 7.96. The molecule has 1 radical (unpaired) electrons. The maximum absolute atomic E-state index is 9.62. The average molecular weight is 169 g/mol. The summed E-state index contributed by atoms with van der Waals surface area (Å²) in [6, 6.07) is 0. The third-order valence-electron chi connectivity index (χ3n) is 2.50. The first-order valence-corrected chi connectivity index (χ1v) is 4.37. The normalized spacial score (nSPS) is 34.9. The molecule has 2 heteroatoms. The van der Waals surface area contributed by atoms with Crippen LogP contribution in [0.2, 0.25) is 0 Å². The van der Waals surface area contributed by atoms with E-state index in [-0.39, 0.29) is 5.41 Å². The van der Waals surface area contributed by atoms with E-state index in [1.54, 1.807) is 6.92 Å². The van der Waals surface area contributed by atoms with Gasteiger partial charge in [-0.05, 0) is 36.8 Å². The summed E-state index contributed by atoms with van der Waals surface area (Å²) in [5.74, 6) is 0. The molecule has 0 aromatic heterocycles. The molecule has 0 saturated heterocycles. The van der Waals surface area contributed by atoms with E-state index in [0.29, 0.717) is 5.57 Å². The number of hydrogen-bond acceptors (Lipinski definition) is 2. The Morgan fingerprint density at radius 3 is 2.00 bits per heavy atom. The molecule has 12 heavy (non-hydrogen) atoms. The van der Waals surface area contributed by atoms with Gasteiger partial charge in [-0.1, -0.05) is 13.8 Å². The lowest BCUT2D eigenvalue weighted by atomic mass is 9.72. The molecular formula is C10H17O2. The summed E-state index contributed by atoms with van der Waals surface area (Å²) in [6.07, 6.45) is 3.29. The van der Waals surface area contributed by atoms with E-state index in [4.69, 9.17) is 0 Å². The summed E-state index contributed by atoms with van der Waals surface area (Å²) in [4.78, 5) is 0.